The van der Waals surface area contributed by atoms with E-state index in [1.54, 1.807) is 6.07 Å². The van der Waals surface area contributed by atoms with Crippen LogP contribution in [0.25, 0.3) is 0 Å². The van der Waals surface area contributed by atoms with E-state index < -0.39 is 11.9 Å². The fourth-order valence-electron chi connectivity index (χ4n) is 1.84. The van der Waals surface area contributed by atoms with Gasteiger partial charge in [-0.3, -0.25) is 0 Å². The molecule has 5 nitrogen and oxygen atoms in total. The maximum atomic E-state index is 11.7. The second kappa shape index (κ2) is 5.73. The molecule has 1 aromatic carbocycles. The Kier molecular flexibility index (Phi) is 4.04. The molecule has 1 aliphatic rings. The van der Waals surface area contributed by atoms with Crippen molar-refractivity contribution in [3.05, 3.63) is 29.3 Å². The van der Waals surface area contributed by atoms with E-state index in [0.717, 1.165) is 19.3 Å². The zero-order valence-electron chi connectivity index (χ0n) is 11.0. The van der Waals surface area contributed by atoms with Gasteiger partial charge in [0, 0.05) is 0 Å². The lowest BCUT2D eigenvalue weighted by Gasteiger charge is -2.26. The lowest BCUT2D eigenvalue weighted by atomic mass is 9.96. The van der Waals surface area contributed by atoms with Gasteiger partial charge in [-0.2, -0.15) is 0 Å². The first-order valence-electron chi connectivity index (χ1n) is 6.13. The third kappa shape index (κ3) is 2.86. The molecular weight excluding hydrogens is 248 g/mol. The summed E-state index contributed by atoms with van der Waals surface area (Å²) in [4.78, 5) is 23.3. The summed E-state index contributed by atoms with van der Waals surface area (Å²) in [5.41, 5.74) is 0.335. The summed E-state index contributed by atoms with van der Waals surface area (Å²) < 4.78 is 15.0. The smallest absolute Gasteiger partial charge is 0.338 e. The number of methoxy groups -OCH3 is 2. The molecular formula is C14H16O5. The minimum atomic E-state index is -0.584. The van der Waals surface area contributed by atoms with Crippen LogP contribution in [0, 0.1) is 0 Å². The van der Waals surface area contributed by atoms with Crippen molar-refractivity contribution in [3.63, 3.8) is 0 Å². The fourth-order valence-corrected chi connectivity index (χ4v) is 1.84. The van der Waals surface area contributed by atoms with Crippen molar-refractivity contribution in [2.45, 2.75) is 25.4 Å². The first-order valence-corrected chi connectivity index (χ1v) is 6.13. The summed E-state index contributed by atoms with van der Waals surface area (Å²) in [6.07, 6.45) is 3.40. The predicted molar refractivity (Wildman–Crippen MR) is 67.4 cm³/mol. The molecule has 0 saturated heterocycles. The van der Waals surface area contributed by atoms with Crippen LogP contribution in [0.3, 0.4) is 0 Å². The quantitative estimate of drug-likeness (QED) is 0.780. The largest absolute Gasteiger partial charge is 0.490 e. The molecule has 2 rings (SSSR count). The average molecular weight is 264 g/mol. The van der Waals surface area contributed by atoms with Gasteiger partial charge in [0.1, 0.15) is 5.75 Å². The van der Waals surface area contributed by atoms with E-state index in [0.29, 0.717) is 5.75 Å². The zero-order chi connectivity index (χ0) is 13.8. The number of hydrogen-bond acceptors (Lipinski definition) is 5. The highest BCUT2D eigenvalue weighted by atomic mass is 16.5. The maximum Gasteiger partial charge on any atom is 0.338 e. The Morgan fingerprint density at radius 3 is 2.21 bits per heavy atom. The van der Waals surface area contributed by atoms with Crippen molar-refractivity contribution >= 4 is 11.9 Å². The molecule has 1 aliphatic carbocycles. The Balaban J connectivity index is 2.29. The highest BCUT2D eigenvalue weighted by molar-refractivity contribution is 6.03. The summed E-state index contributed by atoms with van der Waals surface area (Å²) in [5.74, 6) is -0.590. The molecule has 0 heterocycles. The van der Waals surface area contributed by atoms with Gasteiger partial charge >= 0.3 is 11.9 Å². The third-order valence-corrected chi connectivity index (χ3v) is 3.16. The Hall–Kier alpha value is -2.04. The van der Waals surface area contributed by atoms with Crippen LogP contribution in [0.5, 0.6) is 5.75 Å². The van der Waals surface area contributed by atoms with Gasteiger partial charge in [0.2, 0.25) is 0 Å². The second-order valence-corrected chi connectivity index (χ2v) is 4.36. The summed E-state index contributed by atoms with van der Waals surface area (Å²) in [6.45, 7) is 0. The standard InChI is InChI=1S/C14H16O5/c1-17-13(15)11-7-6-10(19-9-4-3-5-9)8-12(11)14(16)18-2/h6-9H,3-5H2,1-2H3. The van der Waals surface area contributed by atoms with Gasteiger partial charge < -0.3 is 14.2 Å². The molecule has 0 bridgehead atoms. The lowest BCUT2D eigenvalue weighted by molar-refractivity contribution is 0.0554. The van der Waals surface area contributed by atoms with Gasteiger partial charge in [-0.25, -0.2) is 9.59 Å². The minimum absolute atomic E-state index is 0.158. The van der Waals surface area contributed by atoms with E-state index in [1.165, 1.54) is 26.4 Å². The molecule has 102 valence electrons. The van der Waals surface area contributed by atoms with Gasteiger partial charge in [0.05, 0.1) is 31.5 Å². The van der Waals surface area contributed by atoms with Crippen LogP contribution in [0.4, 0.5) is 0 Å². The molecule has 0 spiro atoms. The molecule has 0 aromatic heterocycles. The van der Waals surface area contributed by atoms with Crippen LogP contribution < -0.4 is 4.74 Å². The summed E-state index contributed by atoms with van der Waals surface area (Å²) in [6, 6.07) is 4.71. The van der Waals surface area contributed by atoms with Gasteiger partial charge in [0.15, 0.2) is 0 Å². The number of benzene rings is 1. The zero-order valence-corrected chi connectivity index (χ0v) is 11.0. The van der Waals surface area contributed by atoms with Crippen LogP contribution in [-0.4, -0.2) is 32.3 Å². The molecule has 5 heteroatoms. The third-order valence-electron chi connectivity index (χ3n) is 3.16. The van der Waals surface area contributed by atoms with Crippen molar-refractivity contribution in [2.24, 2.45) is 0 Å². The molecule has 1 aromatic rings. The van der Waals surface area contributed by atoms with Gasteiger partial charge in [-0.05, 0) is 37.5 Å². The number of hydrogen-bond donors (Lipinski definition) is 0. The Morgan fingerprint density at radius 1 is 1.05 bits per heavy atom. The molecule has 0 radical (unpaired) electrons. The van der Waals surface area contributed by atoms with Crippen LogP contribution in [0.15, 0.2) is 18.2 Å². The van der Waals surface area contributed by atoms with E-state index >= 15 is 0 Å². The molecule has 1 saturated carbocycles. The van der Waals surface area contributed by atoms with Gasteiger partial charge in [-0.15, -0.1) is 0 Å². The van der Waals surface area contributed by atoms with Crippen LogP contribution in [0.1, 0.15) is 40.0 Å². The number of carbonyl (C=O) groups is 2. The topological polar surface area (TPSA) is 61.8 Å². The van der Waals surface area contributed by atoms with Crippen molar-refractivity contribution in [3.8, 4) is 5.75 Å². The van der Waals surface area contributed by atoms with Crippen molar-refractivity contribution in [2.75, 3.05) is 14.2 Å². The number of esters is 2. The Labute approximate surface area is 111 Å². The molecule has 1 fully saturated rings. The van der Waals surface area contributed by atoms with E-state index in [-0.39, 0.29) is 17.2 Å². The Bertz CT molecular complexity index is 491. The van der Waals surface area contributed by atoms with E-state index in [1.807, 2.05) is 0 Å². The highest BCUT2D eigenvalue weighted by Crippen LogP contribution is 2.27. The molecule has 0 amide bonds. The lowest BCUT2D eigenvalue weighted by Crippen LogP contribution is -2.24. The van der Waals surface area contributed by atoms with Crippen molar-refractivity contribution in [1.29, 1.82) is 0 Å². The van der Waals surface area contributed by atoms with Crippen molar-refractivity contribution < 1.29 is 23.8 Å². The minimum Gasteiger partial charge on any atom is -0.490 e. The number of ether oxygens (including phenoxy) is 3. The second-order valence-electron chi connectivity index (χ2n) is 4.36. The normalized spacial score (nSPS) is 14.4. The number of rotatable bonds is 4. The van der Waals surface area contributed by atoms with E-state index in [4.69, 9.17) is 4.74 Å². The van der Waals surface area contributed by atoms with Crippen molar-refractivity contribution in [1.82, 2.24) is 0 Å². The molecule has 0 N–H and O–H groups in total. The molecule has 0 unspecified atom stereocenters. The van der Waals surface area contributed by atoms with Crippen LogP contribution >= 0.6 is 0 Å². The molecule has 0 aliphatic heterocycles. The van der Waals surface area contributed by atoms with Crippen LogP contribution in [-0.2, 0) is 9.47 Å². The predicted octanol–water partition coefficient (Wildman–Crippen LogP) is 2.19. The summed E-state index contributed by atoms with van der Waals surface area (Å²) in [5, 5.41) is 0. The van der Waals surface area contributed by atoms with E-state index in [2.05, 4.69) is 9.47 Å². The summed E-state index contributed by atoms with van der Waals surface area (Å²) >= 11 is 0. The highest BCUT2D eigenvalue weighted by Gasteiger charge is 2.22. The fraction of sp³-hybridized carbons (Fsp3) is 0.429. The molecule has 0 atom stereocenters. The number of carbonyl (C=O) groups excluding carboxylic acids is 2. The Morgan fingerprint density at radius 2 is 1.68 bits per heavy atom. The SMILES string of the molecule is COC(=O)c1ccc(OC2CCC2)cc1C(=O)OC. The first-order chi connectivity index (χ1) is 9.15. The van der Waals surface area contributed by atoms with Gasteiger partial charge in [0.25, 0.3) is 0 Å². The van der Waals surface area contributed by atoms with Gasteiger partial charge in [-0.1, -0.05) is 0 Å². The first kappa shape index (κ1) is 13.4. The maximum absolute atomic E-state index is 11.7. The van der Waals surface area contributed by atoms with Crippen LogP contribution in [0.2, 0.25) is 0 Å². The average Bonchev–Trinajstić information content (AvgIpc) is 2.41. The monoisotopic (exact) mass is 264 g/mol. The summed E-state index contributed by atoms with van der Waals surface area (Å²) in [7, 11) is 2.53. The molecule has 19 heavy (non-hydrogen) atoms. The van der Waals surface area contributed by atoms with E-state index in [9.17, 15) is 9.59 Å².